The molecule has 3 aromatic rings. The first kappa shape index (κ1) is 24.6. The Morgan fingerprint density at radius 1 is 1.12 bits per heavy atom. The highest BCUT2D eigenvalue weighted by atomic mass is 35.5. The number of hydrogen-bond donors (Lipinski definition) is 1. The van der Waals surface area contributed by atoms with Crippen molar-refractivity contribution in [1.82, 2.24) is 10.1 Å². The third kappa shape index (κ3) is 6.49. The van der Waals surface area contributed by atoms with Crippen molar-refractivity contribution in [3.05, 3.63) is 65.2 Å². The summed E-state index contributed by atoms with van der Waals surface area (Å²) in [4.78, 5) is 17.1. The van der Waals surface area contributed by atoms with E-state index in [1.807, 2.05) is 36.4 Å². The van der Waals surface area contributed by atoms with Crippen molar-refractivity contribution in [3.63, 3.8) is 0 Å². The lowest BCUT2D eigenvalue weighted by Crippen LogP contribution is -2.36. The Labute approximate surface area is 200 Å². The number of nitrogens with zero attached hydrogens (tertiary/aromatic N) is 3. The van der Waals surface area contributed by atoms with Gasteiger partial charge in [-0.2, -0.15) is 0 Å². The average molecular weight is 471 g/mol. The molecule has 176 valence electrons. The molecule has 0 aliphatic carbocycles. The van der Waals surface area contributed by atoms with Gasteiger partial charge in [-0.05, 0) is 38.5 Å². The van der Waals surface area contributed by atoms with Gasteiger partial charge in [0.15, 0.2) is 0 Å². The molecule has 2 amide bonds. The van der Waals surface area contributed by atoms with Crippen molar-refractivity contribution in [2.45, 2.75) is 26.8 Å². The fraction of sp³-hybridized carbons (Fsp3) is 0.360. The predicted molar refractivity (Wildman–Crippen MR) is 133 cm³/mol. The third-order valence-corrected chi connectivity index (χ3v) is 5.59. The van der Waals surface area contributed by atoms with Crippen LogP contribution < -0.4 is 10.2 Å². The standard InChI is InChI=1S/C25H31ClN4O3/c1-4-29(5-2)24-22(23(28-33-24)19-11-7-6-8-12-19)18-30(15-10-16-32-3)25(31)27-21-14-9-13-20(26)17-21/h6-9,11-14,17H,4-5,10,15-16,18H2,1-3H3,(H,27,31). The number of carbonyl (C=O) groups excluding carboxylic acids is 1. The monoisotopic (exact) mass is 470 g/mol. The number of nitrogens with one attached hydrogen (secondary N) is 1. The van der Waals surface area contributed by atoms with Crippen LogP contribution in [0.2, 0.25) is 5.02 Å². The Balaban J connectivity index is 1.94. The lowest BCUT2D eigenvalue weighted by Gasteiger charge is -2.25. The van der Waals surface area contributed by atoms with Crippen molar-refractivity contribution in [2.75, 3.05) is 43.6 Å². The van der Waals surface area contributed by atoms with E-state index in [2.05, 4.69) is 29.2 Å². The molecule has 0 radical (unpaired) electrons. The highest BCUT2D eigenvalue weighted by Gasteiger charge is 2.25. The number of carbonyl (C=O) groups is 1. The molecule has 7 nitrogen and oxygen atoms in total. The van der Waals surface area contributed by atoms with Gasteiger partial charge in [-0.25, -0.2) is 4.79 Å². The molecule has 2 aromatic carbocycles. The fourth-order valence-electron chi connectivity index (χ4n) is 3.64. The minimum atomic E-state index is -0.223. The Morgan fingerprint density at radius 3 is 2.55 bits per heavy atom. The number of urea groups is 1. The van der Waals surface area contributed by atoms with Gasteiger partial charge in [0.2, 0.25) is 5.88 Å². The highest BCUT2D eigenvalue weighted by Crippen LogP contribution is 2.32. The number of ether oxygens (including phenoxy) is 1. The number of aromatic nitrogens is 1. The molecular formula is C25H31ClN4O3. The molecule has 0 atom stereocenters. The summed E-state index contributed by atoms with van der Waals surface area (Å²) in [6.07, 6.45) is 0.700. The smallest absolute Gasteiger partial charge is 0.322 e. The summed E-state index contributed by atoms with van der Waals surface area (Å²) >= 11 is 6.09. The molecule has 1 N–H and O–H groups in total. The summed E-state index contributed by atoms with van der Waals surface area (Å²) in [5.74, 6) is 0.686. The van der Waals surface area contributed by atoms with Crippen LogP contribution in [0.25, 0.3) is 11.3 Å². The molecular weight excluding hydrogens is 440 g/mol. The van der Waals surface area contributed by atoms with Crippen molar-refractivity contribution >= 4 is 29.2 Å². The number of anilines is 2. The van der Waals surface area contributed by atoms with Crippen LogP contribution in [0.5, 0.6) is 0 Å². The van der Waals surface area contributed by atoms with Gasteiger partial charge in [-0.1, -0.05) is 53.2 Å². The minimum absolute atomic E-state index is 0.223. The maximum absolute atomic E-state index is 13.3. The number of hydrogen-bond acceptors (Lipinski definition) is 5. The molecule has 0 unspecified atom stereocenters. The van der Waals surface area contributed by atoms with Crippen molar-refractivity contribution < 1.29 is 14.1 Å². The topological polar surface area (TPSA) is 70.8 Å². The normalized spacial score (nSPS) is 10.8. The second kappa shape index (κ2) is 12.3. The van der Waals surface area contributed by atoms with Crippen LogP contribution in [0.3, 0.4) is 0 Å². The quantitative estimate of drug-likeness (QED) is 0.352. The van der Waals surface area contributed by atoms with Crippen LogP contribution in [0.1, 0.15) is 25.8 Å². The minimum Gasteiger partial charge on any atom is -0.385 e. The first-order valence-corrected chi connectivity index (χ1v) is 11.5. The molecule has 0 spiro atoms. The summed E-state index contributed by atoms with van der Waals surface area (Å²) in [5, 5.41) is 7.91. The predicted octanol–water partition coefficient (Wildman–Crippen LogP) is 5.91. The van der Waals surface area contributed by atoms with E-state index < -0.39 is 0 Å². The van der Waals surface area contributed by atoms with E-state index in [0.29, 0.717) is 42.7 Å². The average Bonchev–Trinajstić information content (AvgIpc) is 3.23. The van der Waals surface area contributed by atoms with Crippen LogP contribution in [0, 0.1) is 0 Å². The molecule has 0 saturated heterocycles. The lowest BCUT2D eigenvalue weighted by molar-refractivity contribution is 0.171. The van der Waals surface area contributed by atoms with Crippen LogP contribution >= 0.6 is 11.6 Å². The Hall–Kier alpha value is -3.03. The van der Waals surface area contributed by atoms with Gasteiger partial charge in [0.25, 0.3) is 0 Å². The zero-order valence-electron chi connectivity index (χ0n) is 19.4. The van der Waals surface area contributed by atoms with Crippen molar-refractivity contribution in [3.8, 4) is 11.3 Å². The molecule has 0 aliphatic heterocycles. The molecule has 3 rings (SSSR count). The van der Waals surface area contributed by atoms with Crippen LogP contribution in [0.4, 0.5) is 16.4 Å². The molecule has 0 aliphatic rings. The number of rotatable bonds is 11. The molecule has 0 bridgehead atoms. The van der Waals surface area contributed by atoms with Gasteiger partial charge in [0, 0.05) is 49.6 Å². The lowest BCUT2D eigenvalue weighted by atomic mass is 10.1. The van der Waals surface area contributed by atoms with E-state index >= 15 is 0 Å². The van der Waals surface area contributed by atoms with Crippen molar-refractivity contribution in [2.24, 2.45) is 0 Å². The van der Waals surface area contributed by atoms with E-state index in [-0.39, 0.29) is 6.03 Å². The van der Waals surface area contributed by atoms with Crippen LogP contribution in [0.15, 0.2) is 59.1 Å². The zero-order chi connectivity index (χ0) is 23.6. The van der Waals surface area contributed by atoms with E-state index in [1.54, 1.807) is 30.2 Å². The molecule has 1 heterocycles. The number of methoxy groups -OCH3 is 1. The number of amides is 2. The Morgan fingerprint density at radius 2 is 1.88 bits per heavy atom. The maximum Gasteiger partial charge on any atom is 0.322 e. The second-order valence-electron chi connectivity index (χ2n) is 7.56. The fourth-order valence-corrected chi connectivity index (χ4v) is 3.83. The molecule has 1 aromatic heterocycles. The first-order valence-electron chi connectivity index (χ1n) is 11.2. The summed E-state index contributed by atoms with van der Waals surface area (Å²) in [6, 6.07) is 16.8. The van der Waals surface area contributed by atoms with Gasteiger partial charge >= 0.3 is 6.03 Å². The van der Waals surface area contributed by atoms with Crippen LogP contribution in [-0.4, -0.2) is 49.4 Å². The summed E-state index contributed by atoms with van der Waals surface area (Å²) < 4.78 is 11.0. The largest absolute Gasteiger partial charge is 0.385 e. The van der Waals surface area contributed by atoms with Crippen molar-refractivity contribution in [1.29, 1.82) is 0 Å². The molecule has 0 fully saturated rings. The van der Waals surface area contributed by atoms with E-state index in [4.69, 9.17) is 20.9 Å². The highest BCUT2D eigenvalue weighted by molar-refractivity contribution is 6.30. The molecule has 33 heavy (non-hydrogen) atoms. The third-order valence-electron chi connectivity index (χ3n) is 5.35. The van der Waals surface area contributed by atoms with E-state index in [1.165, 1.54) is 0 Å². The van der Waals surface area contributed by atoms with Gasteiger partial charge in [-0.15, -0.1) is 0 Å². The number of benzene rings is 2. The van der Waals surface area contributed by atoms with Crippen LogP contribution in [-0.2, 0) is 11.3 Å². The second-order valence-corrected chi connectivity index (χ2v) is 8.00. The van der Waals surface area contributed by atoms with Gasteiger partial charge in [0.1, 0.15) is 5.69 Å². The van der Waals surface area contributed by atoms with E-state index in [0.717, 1.165) is 29.9 Å². The zero-order valence-corrected chi connectivity index (χ0v) is 20.1. The number of halogens is 1. The maximum atomic E-state index is 13.3. The van der Waals surface area contributed by atoms with Gasteiger partial charge in [-0.3, -0.25) is 0 Å². The summed E-state index contributed by atoms with van der Waals surface area (Å²) in [5.41, 5.74) is 3.21. The summed E-state index contributed by atoms with van der Waals surface area (Å²) in [6.45, 7) is 7.09. The van der Waals surface area contributed by atoms with Gasteiger partial charge in [0.05, 0.1) is 12.1 Å². The van der Waals surface area contributed by atoms with Gasteiger partial charge < -0.3 is 24.4 Å². The Kier molecular flexibility index (Phi) is 9.15. The SMILES string of the molecule is CCN(CC)c1onc(-c2ccccc2)c1CN(CCCOC)C(=O)Nc1cccc(Cl)c1. The first-order chi connectivity index (χ1) is 16.1. The molecule has 0 saturated carbocycles. The summed E-state index contributed by atoms with van der Waals surface area (Å²) in [7, 11) is 1.66. The molecule has 8 heteroatoms. The Bertz CT molecular complexity index is 1020. The van der Waals surface area contributed by atoms with E-state index in [9.17, 15) is 4.79 Å².